The zero-order valence-corrected chi connectivity index (χ0v) is 9.60. The van der Waals surface area contributed by atoms with Gasteiger partial charge in [0.2, 0.25) is 0 Å². The molecular weight excluding hydrogens is 216 g/mol. The third-order valence-electron chi connectivity index (χ3n) is 1.90. The van der Waals surface area contributed by atoms with E-state index in [1.807, 2.05) is 0 Å². The third-order valence-corrected chi connectivity index (χ3v) is 1.90. The summed E-state index contributed by atoms with van der Waals surface area (Å²) < 4.78 is 4.40. The average molecular weight is 232 g/mol. The van der Waals surface area contributed by atoms with Gasteiger partial charge < -0.3 is 19.6 Å². The molecule has 0 aliphatic rings. The molecule has 0 rings (SSSR count). The van der Waals surface area contributed by atoms with Crippen LogP contribution in [0.4, 0.5) is 4.79 Å². The first-order chi connectivity index (χ1) is 7.42. The Bertz CT molecular complexity index is 279. The fourth-order valence-electron chi connectivity index (χ4n) is 1.05. The van der Waals surface area contributed by atoms with Gasteiger partial charge in [0.25, 0.3) is 0 Å². The Balaban J connectivity index is 4.38. The quantitative estimate of drug-likeness (QED) is 0.653. The van der Waals surface area contributed by atoms with Gasteiger partial charge in [-0.25, -0.2) is 4.79 Å². The number of rotatable bonds is 5. The molecule has 0 saturated carbocycles. The summed E-state index contributed by atoms with van der Waals surface area (Å²) in [4.78, 5) is 35.2. The number of aliphatic carboxylic acids is 1. The van der Waals surface area contributed by atoms with Crippen LogP contribution in [0.15, 0.2) is 0 Å². The van der Waals surface area contributed by atoms with Crippen molar-refractivity contribution in [1.82, 2.24) is 9.80 Å². The second kappa shape index (κ2) is 6.65. The number of carbonyl (C=O) groups excluding carboxylic acids is 2. The molecule has 0 aromatic heterocycles. The SMILES string of the molecule is CCN(CC(=O)O)C(=O)N(C)CC(=O)OC. The summed E-state index contributed by atoms with van der Waals surface area (Å²) in [6.07, 6.45) is 0. The predicted molar refractivity (Wildman–Crippen MR) is 54.9 cm³/mol. The highest BCUT2D eigenvalue weighted by Crippen LogP contribution is 1.97. The normalized spacial score (nSPS) is 9.44. The summed E-state index contributed by atoms with van der Waals surface area (Å²) in [7, 11) is 2.62. The average Bonchev–Trinajstić information content (AvgIpc) is 2.24. The minimum absolute atomic E-state index is 0.203. The van der Waals surface area contributed by atoms with Crippen molar-refractivity contribution >= 4 is 18.0 Å². The van der Waals surface area contributed by atoms with E-state index < -0.39 is 18.0 Å². The molecule has 0 radical (unpaired) electrons. The van der Waals surface area contributed by atoms with Gasteiger partial charge in [-0.2, -0.15) is 0 Å². The molecule has 7 nitrogen and oxygen atoms in total. The van der Waals surface area contributed by atoms with Crippen molar-refractivity contribution in [2.45, 2.75) is 6.92 Å². The molecule has 0 aromatic carbocycles. The van der Waals surface area contributed by atoms with Gasteiger partial charge in [-0.3, -0.25) is 9.59 Å². The molecule has 1 N–H and O–H groups in total. The van der Waals surface area contributed by atoms with E-state index in [2.05, 4.69) is 4.74 Å². The van der Waals surface area contributed by atoms with Crippen LogP contribution in [0, 0.1) is 0 Å². The Labute approximate surface area is 93.6 Å². The van der Waals surface area contributed by atoms with Crippen molar-refractivity contribution < 1.29 is 24.2 Å². The predicted octanol–water partition coefficient (Wildman–Crippen LogP) is -0.382. The fourth-order valence-corrected chi connectivity index (χ4v) is 1.05. The van der Waals surface area contributed by atoms with Gasteiger partial charge in [0.15, 0.2) is 0 Å². The second-order valence-corrected chi connectivity index (χ2v) is 3.12. The van der Waals surface area contributed by atoms with E-state index in [-0.39, 0.29) is 19.6 Å². The molecule has 0 spiro atoms. The summed E-state index contributed by atoms with van der Waals surface area (Å²) in [6.45, 7) is 1.33. The Hall–Kier alpha value is -1.79. The van der Waals surface area contributed by atoms with E-state index in [0.29, 0.717) is 0 Å². The van der Waals surface area contributed by atoms with Crippen LogP contribution < -0.4 is 0 Å². The Kier molecular flexibility index (Phi) is 5.91. The number of likely N-dealkylation sites (N-methyl/N-ethyl adjacent to an activating group) is 2. The van der Waals surface area contributed by atoms with Crippen LogP contribution in [0.2, 0.25) is 0 Å². The first-order valence-corrected chi connectivity index (χ1v) is 4.71. The van der Waals surface area contributed by atoms with Crippen LogP contribution >= 0.6 is 0 Å². The van der Waals surface area contributed by atoms with E-state index in [9.17, 15) is 14.4 Å². The maximum Gasteiger partial charge on any atom is 0.325 e. The lowest BCUT2D eigenvalue weighted by molar-refractivity contribution is -0.141. The van der Waals surface area contributed by atoms with Crippen molar-refractivity contribution in [3.8, 4) is 0 Å². The summed E-state index contributed by atoms with van der Waals surface area (Å²) in [5.74, 6) is -1.65. The number of hydrogen-bond donors (Lipinski definition) is 1. The zero-order chi connectivity index (χ0) is 12.7. The second-order valence-electron chi connectivity index (χ2n) is 3.12. The van der Waals surface area contributed by atoms with E-state index >= 15 is 0 Å². The standard InChI is InChI=1S/C9H16N2O5/c1-4-11(5-7(12)13)9(15)10(2)6-8(14)16-3/h4-6H2,1-3H3,(H,12,13). The number of methoxy groups -OCH3 is 1. The van der Waals surface area contributed by atoms with E-state index in [4.69, 9.17) is 5.11 Å². The molecule has 0 aromatic rings. The van der Waals surface area contributed by atoms with Crippen LogP contribution in [0.25, 0.3) is 0 Å². The van der Waals surface area contributed by atoms with Gasteiger partial charge in [-0.05, 0) is 6.92 Å². The number of nitrogens with zero attached hydrogens (tertiary/aromatic N) is 2. The number of ether oxygens (including phenoxy) is 1. The number of amides is 2. The summed E-state index contributed by atoms with van der Waals surface area (Å²) in [6, 6.07) is -0.518. The molecular formula is C9H16N2O5. The number of hydrogen-bond acceptors (Lipinski definition) is 4. The lowest BCUT2D eigenvalue weighted by atomic mass is 10.5. The Morgan fingerprint density at radius 1 is 1.25 bits per heavy atom. The van der Waals surface area contributed by atoms with E-state index in [1.165, 1.54) is 14.2 Å². The number of esters is 1. The highest BCUT2D eigenvalue weighted by atomic mass is 16.5. The van der Waals surface area contributed by atoms with Crippen LogP contribution in [-0.4, -0.2) is 66.7 Å². The van der Waals surface area contributed by atoms with Gasteiger partial charge in [0, 0.05) is 13.6 Å². The highest BCUT2D eigenvalue weighted by Gasteiger charge is 2.20. The number of carboxylic acids is 1. The summed E-state index contributed by atoms with van der Waals surface area (Å²) >= 11 is 0. The van der Waals surface area contributed by atoms with Gasteiger partial charge >= 0.3 is 18.0 Å². The molecule has 0 unspecified atom stereocenters. The van der Waals surface area contributed by atoms with Crippen LogP contribution in [0.3, 0.4) is 0 Å². The Morgan fingerprint density at radius 2 is 1.81 bits per heavy atom. The molecule has 0 heterocycles. The molecule has 92 valence electrons. The minimum atomic E-state index is -1.10. The van der Waals surface area contributed by atoms with Crippen molar-refractivity contribution in [3.63, 3.8) is 0 Å². The Morgan fingerprint density at radius 3 is 2.19 bits per heavy atom. The van der Waals surface area contributed by atoms with Crippen LogP contribution in [0.5, 0.6) is 0 Å². The van der Waals surface area contributed by atoms with Gasteiger partial charge in [-0.1, -0.05) is 0 Å². The van der Waals surface area contributed by atoms with Crippen molar-refractivity contribution in [1.29, 1.82) is 0 Å². The smallest absolute Gasteiger partial charge is 0.325 e. The van der Waals surface area contributed by atoms with Crippen molar-refractivity contribution in [3.05, 3.63) is 0 Å². The molecule has 0 aliphatic carbocycles. The molecule has 16 heavy (non-hydrogen) atoms. The lowest BCUT2D eigenvalue weighted by Crippen LogP contribution is -2.45. The molecule has 0 fully saturated rings. The van der Waals surface area contributed by atoms with Crippen LogP contribution in [-0.2, 0) is 14.3 Å². The fraction of sp³-hybridized carbons (Fsp3) is 0.667. The monoisotopic (exact) mass is 232 g/mol. The van der Waals surface area contributed by atoms with Gasteiger partial charge in [-0.15, -0.1) is 0 Å². The molecule has 0 aliphatic heterocycles. The van der Waals surface area contributed by atoms with E-state index in [1.54, 1.807) is 6.92 Å². The summed E-state index contributed by atoms with van der Waals surface area (Å²) in [5.41, 5.74) is 0. The number of carbonyl (C=O) groups is 3. The first-order valence-electron chi connectivity index (χ1n) is 4.71. The molecule has 0 atom stereocenters. The maximum atomic E-state index is 11.6. The molecule has 2 amide bonds. The molecule has 7 heteroatoms. The van der Waals surface area contributed by atoms with Crippen molar-refractivity contribution in [2.24, 2.45) is 0 Å². The van der Waals surface area contributed by atoms with E-state index in [0.717, 1.165) is 9.80 Å². The number of urea groups is 1. The largest absolute Gasteiger partial charge is 0.480 e. The van der Waals surface area contributed by atoms with Gasteiger partial charge in [0.1, 0.15) is 13.1 Å². The maximum absolute atomic E-state index is 11.6. The van der Waals surface area contributed by atoms with Gasteiger partial charge in [0.05, 0.1) is 7.11 Å². The van der Waals surface area contributed by atoms with Crippen LogP contribution in [0.1, 0.15) is 6.92 Å². The molecule has 0 saturated heterocycles. The summed E-state index contributed by atoms with van der Waals surface area (Å²) in [5, 5.41) is 8.57. The zero-order valence-electron chi connectivity index (χ0n) is 9.60. The van der Waals surface area contributed by atoms with Crippen molar-refractivity contribution in [2.75, 3.05) is 33.8 Å². The lowest BCUT2D eigenvalue weighted by Gasteiger charge is -2.24. The molecule has 0 bridgehead atoms. The number of carboxylic acid groups (broad SMARTS) is 1. The highest BCUT2D eigenvalue weighted by molar-refractivity contribution is 5.83. The first kappa shape index (κ1) is 14.2. The minimum Gasteiger partial charge on any atom is -0.480 e. The topological polar surface area (TPSA) is 87.2 Å². The third kappa shape index (κ3) is 4.63.